The third-order valence-corrected chi connectivity index (χ3v) is 12.3. The standard InChI is InChI=1S/C44H30O2S2/c1-25-3-17-37-33(19-25)21-39(45-37)29-9-5-27(6-10-29)31-13-15-35-41(23-31)47-44-36-16-14-32(24-42(36)48-43(35)44)28-7-11-30(12-8-28)40-22-34-20-26(2)4-18-38(34)46-40/h3-21,23-24,40H,22H2,1-2H3. The Morgan fingerprint density at radius 2 is 1.12 bits per heavy atom. The summed E-state index contributed by atoms with van der Waals surface area (Å²) in [5, 5.41) is 3.83. The lowest BCUT2D eigenvalue weighted by molar-refractivity contribution is 0.238. The van der Waals surface area contributed by atoms with Crippen molar-refractivity contribution in [2.24, 2.45) is 0 Å². The minimum Gasteiger partial charge on any atom is -0.485 e. The van der Waals surface area contributed by atoms with Gasteiger partial charge in [-0.2, -0.15) is 0 Å². The van der Waals surface area contributed by atoms with E-state index < -0.39 is 0 Å². The number of ether oxygens (including phenoxy) is 1. The van der Waals surface area contributed by atoms with Crippen LogP contribution in [0.1, 0.15) is 28.4 Å². The maximum atomic E-state index is 6.28. The fourth-order valence-corrected chi connectivity index (χ4v) is 9.93. The van der Waals surface area contributed by atoms with Crippen molar-refractivity contribution in [1.29, 1.82) is 0 Å². The Balaban J connectivity index is 0.916. The lowest BCUT2D eigenvalue weighted by atomic mass is 9.99. The zero-order chi connectivity index (χ0) is 31.9. The molecule has 0 saturated carbocycles. The molecule has 0 amide bonds. The molecule has 1 unspecified atom stereocenters. The van der Waals surface area contributed by atoms with Crippen molar-refractivity contribution in [3.63, 3.8) is 0 Å². The van der Waals surface area contributed by atoms with Crippen LogP contribution in [0.25, 0.3) is 74.1 Å². The lowest BCUT2D eigenvalue weighted by Gasteiger charge is -2.12. The van der Waals surface area contributed by atoms with E-state index in [1.165, 1.54) is 74.1 Å². The Morgan fingerprint density at radius 1 is 0.542 bits per heavy atom. The molecular formula is C44H30O2S2. The highest BCUT2D eigenvalue weighted by Crippen LogP contribution is 2.46. The van der Waals surface area contributed by atoms with Gasteiger partial charge in [0, 0.05) is 37.5 Å². The van der Waals surface area contributed by atoms with Gasteiger partial charge in [-0.3, -0.25) is 0 Å². The highest BCUT2D eigenvalue weighted by atomic mass is 32.1. The highest BCUT2D eigenvalue weighted by molar-refractivity contribution is 7.36. The molecule has 3 aromatic heterocycles. The SMILES string of the molecule is Cc1ccc2c(c1)CC(c1ccc(-c3ccc4c(c3)sc3c5ccc(-c6ccc(-c7cc8cc(C)ccc8o7)cc6)cc5sc43)cc1)O2. The molecule has 1 atom stereocenters. The zero-order valence-corrected chi connectivity index (χ0v) is 28.2. The molecule has 2 nitrogen and oxygen atoms in total. The molecule has 0 saturated heterocycles. The van der Waals surface area contributed by atoms with E-state index in [0.717, 1.165) is 34.5 Å². The van der Waals surface area contributed by atoms with Gasteiger partial charge in [0.15, 0.2) is 0 Å². The average molecular weight is 655 g/mol. The first-order valence-electron chi connectivity index (χ1n) is 16.4. The highest BCUT2D eigenvalue weighted by Gasteiger charge is 2.24. The van der Waals surface area contributed by atoms with Gasteiger partial charge in [0.25, 0.3) is 0 Å². The molecule has 1 aliphatic heterocycles. The van der Waals surface area contributed by atoms with Crippen molar-refractivity contribution in [1.82, 2.24) is 0 Å². The van der Waals surface area contributed by atoms with Crippen LogP contribution >= 0.6 is 22.7 Å². The fraction of sp³-hybridized carbons (Fsp3) is 0.0909. The van der Waals surface area contributed by atoms with Crippen LogP contribution in [-0.4, -0.2) is 0 Å². The van der Waals surface area contributed by atoms with Crippen LogP contribution in [0.5, 0.6) is 5.75 Å². The quantitative estimate of drug-likeness (QED) is 0.188. The number of rotatable bonds is 4. The van der Waals surface area contributed by atoms with E-state index in [1.54, 1.807) is 0 Å². The number of thiophene rings is 2. The lowest BCUT2D eigenvalue weighted by Crippen LogP contribution is -2.02. The summed E-state index contributed by atoms with van der Waals surface area (Å²) < 4.78 is 17.9. The van der Waals surface area contributed by atoms with E-state index in [0.29, 0.717) is 0 Å². The monoisotopic (exact) mass is 654 g/mol. The van der Waals surface area contributed by atoms with Crippen LogP contribution in [0, 0.1) is 13.8 Å². The second kappa shape index (κ2) is 10.7. The second-order valence-electron chi connectivity index (χ2n) is 13.1. The van der Waals surface area contributed by atoms with Crippen molar-refractivity contribution < 1.29 is 9.15 Å². The molecule has 0 aliphatic carbocycles. The predicted molar refractivity (Wildman–Crippen MR) is 204 cm³/mol. The van der Waals surface area contributed by atoms with Crippen molar-refractivity contribution in [2.75, 3.05) is 0 Å². The molecule has 48 heavy (non-hydrogen) atoms. The van der Waals surface area contributed by atoms with Gasteiger partial charge in [0.1, 0.15) is 23.2 Å². The molecule has 4 heterocycles. The molecule has 0 bridgehead atoms. The van der Waals surface area contributed by atoms with Crippen LogP contribution < -0.4 is 4.74 Å². The first-order valence-corrected chi connectivity index (χ1v) is 18.0. The van der Waals surface area contributed by atoms with E-state index in [-0.39, 0.29) is 6.10 Å². The molecule has 4 heteroatoms. The molecule has 1 aliphatic rings. The molecule has 0 spiro atoms. The van der Waals surface area contributed by atoms with Crippen LogP contribution in [-0.2, 0) is 6.42 Å². The maximum Gasteiger partial charge on any atom is 0.135 e. The Hall–Kier alpha value is -5.16. The number of fused-ring (bicyclic) bond motifs is 7. The van der Waals surface area contributed by atoms with Crippen LogP contribution in [0.4, 0.5) is 0 Å². The normalized spacial score (nSPS) is 14.3. The molecule has 10 rings (SSSR count). The van der Waals surface area contributed by atoms with Gasteiger partial charge in [0.2, 0.25) is 0 Å². The van der Waals surface area contributed by atoms with Crippen molar-refractivity contribution in [3.05, 3.63) is 150 Å². The van der Waals surface area contributed by atoms with Crippen molar-refractivity contribution in [3.8, 4) is 39.3 Å². The Bertz CT molecular complexity index is 2690. The summed E-state index contributed by atoms with van der Waals surface area (Å²) in [7, 11) is 0. The van der Waals surface area contributed by atoms with E-state index >= 15 is 0 Å². The van der Waals surface area contributed by atoms with Crippen LogP contribution in [0.3, 0.4) is 0 Å². The van der Waals surface area contributed by atoms with Gasteiger partial charge >= 0.3 is 0 Å². The topological polar surface area (TPSA) is 22.4 Å². The maximum absolute atomic E-state index is 6.28. The van der Waals surface area contributed by atoms with Gasteiger partial charge in [-0.1, -0.05) is 102 Å². The first kappa shape index (κ1) is 27.9. The molecule has 230 valence electrons. The molecule has 0 fully saturated rings. The summed E-state index contributed by atoms with van der Waals surface area (Å²) in [6.45, 7) is 4.25. The summed E-state index contributed by atoms with van der Waals surface area (Å²) in [6, 6.07) is 46.5. The van der Waals surface area contributed by atoms with Gasteiger partial charge in [-0.05, 0) is 83.6 Å². The minimum absolute atomic E-state index is 0.0858. The van der Waals surface area contributed by atoms with Gasteiger partial charge in [0.05, 0.1) is 9.40 Å². The van der Waals surface area contributed by atoms with Crippen molar-refractivity contribution in [2.45, 2.75) is 26.4 Å². The average Bonchev–Trinajstić information content (AvgIpc) is 3.89. The van der Waals surface area contributed by atoms with E-state index in [9.17, 15) is 0 Å². The van der Waals surface area contributed by atoms with E-state index in [1.807, 2.05) is 22.7 Å². The summed E-state index contributed by atoms with van der Waals surface area (Å²) in [5.41, 5.74) is 12.0. The zero-order valence-electron chi connectivity index (χ0n) is 26.5. The van der Waals surface area contributed by atoms with Crippen LogP contribution in [0.2, 0.25) is 0 Å². The number of hydrogen-bond donors (Lipinski definition) is 0. The molecule has 6 aromatic carbocycles. The van der Waals surface area contributed by atoms with E-state index in [4.69, 9.17) is 9.15 Å². The Labute approximate surface area is 286 Å². The minimum atomic E-state index is 0.0858. The largest absolute Gasteiger partial charge is 0.485 e. The molecule has 0 radical (unpaired) electrons. The summed E-state index contributed by atoms with van der Waals surface area (Å²) in [6.07, 6.45) is 1.02. The van der Waals surface area contributed by atoms with Crippen molar-refractivity contribution >= 4 is 63.2 Å². The first-order chi connectivity index (χ1) is 23.5. The smallest absolute Gasteiger partial charge is 0.135 e. The fourth-order valence-electron chi connectivity index (χ4n) is 7.20. The number of hydrogen-bond acceptors (Lipinski definition) is 4. The molecular weight excluding hydrogens is 625 g/mol. The van der Waals surface area contributed by atoms with Crippen LogP contribution in [0.15, 0.2) is 132 Å². The summed E-state index contributed by atoms with van der Waals surface area (Å²) in [5.74, 6) is 1.92. The van der Waals surface area contributed by atoms with Gasteiger partial charge in [-0.15, -0.1) is 22.7 Å². The van der Waals surface area contributed by atoms with E-state index in [2.05, 4.69) is 141 Å². The summed E-state index contributed by atoms with van der Waals surface area (Å²) >= 11 is 3.81. The number of aryl methyl sites for hydroxylation is 2. The second-order valence-corrected chi connectivity index (χ2v) is 15.2. The van der Waals surface area contributed by atoms with Gasteiger partial charge in [-0.25, -0.2) is 0 Å². The third kappa shape index (κ3) is 4.59. The molecule has 9 aromatic rings. The Kier molecular flexibility index (Phi) is 6.21. The van der Waals surface area contributed by atoms with Gasteiger partial charge < -0.3 is 9.15 Å². The molecule has 0 N–H and O–H groups in total. The third-order valence-electron chi connectivity index (χ3n) is 9.76. The number of benzene rings is 6. The summed E-state index contributed by atoms with van der Waals surface area (Å²) in [4.78, 5) is 0. The Morgan fingerprint density at radius 3 is 1.81 bits per heavy atom. The number of furan rings is 1. The predicted octanol–water partition coefficient (Wildman–Crippen LogP) is 13.3.